The molecule has 20 heavy (non-hydrogen) atoms. The van der Waals surface area contributed by atoms with Crippen LogP contribution in [0.2, 0.25) is 0 Å². The number of rotatable bonds is 3. The number of hydrogen-bond donors (Lipinski definition) is 1. The van der Waals surface area contributed by atoms with Crippen molar-refractivity contribution in [3.8, 4) is 0 Å². The van der Waals surface area contributed by atoms with Crippen molar-refractivity contribution < 1.29 is 13.9 Å². The fourth-order valence-electron chi connectivity index (χ4n) is 2.83. The van der Waals surface area contributed by atoms with Crippen molar-refractivity contribution in [2.45, 2.75) is 38.6 Å². The van der Waals surface area contributed by atoms with Crippen LogP contribution >= 0.6 is 0 Å². The molecule has 0 saturated carbocycles. The predicted molar refractivity (Wildman–Crippen MR) is 77.4 cm³/mol. The van der Waals surface area contributed by atoms with Gasteiger partial charge in [-0.2, -0.15) is 0 Å². The third-order valence-corrected chi connectivity index (χ3v) is 3.93. The lowest BCUT2D eigenvalue weighted by molar-refractivity contribution is 0.0602. The molecular formula is C15H21FN2O2. The van der Waals surface area contributed by atoms with Gasteiger partial charge in [-0.05, 0) is 37.8 Å². The summed E-state index contributed by atoms with van der Waals surface area (Å²) in [4.78, 5) is 13.7. The van der Waals surface area contributed by atoms with E-state index in [0.717, 1.165) is 32.2 Å². The summed E-state index contributed by atoms with van der Waals surface area (Å²) in [5.41, 5.74) is 6.49. The Balaban J connectivity index is 2.42. The highest BCUT2D eigenvalue weighted by Gasteiger charge is 2.25. The number of hydrogen-bond acceptors (Lipinski definition) is 4. The summed E-state index contributed by atoms with van der Waals surface area (Å²) in [6.45, 7) is 2.90. The molecule has 1 aromatic rings. The number of nitrogens with two attached hydrogens (primary N) is 1. The van der Waals surface area contributed by atoms with Crippen LogP contribution in [0.5, 0.6) is 0 Å². The molecule has 1 saturated heterocycles. The van der Waals surface area contributed by atoms with Crippen molar-refractivity contribution in [1.82, 2.24) is 0 Å². The minimum absolute atomic E-state index is 0.114. The van der Waals surface area contributed by atoms with Gasteiger partial charge in [-0.1, -0.05) is 6.92 Å². The second kappa shape index (κ2) is 6.11. The van der Waals surface area contributed by atoms with Gasteiger partial charge in [0.1, 0.15) is 5.82 Å². The minimum Gasteiger partial charge on any atom is -0.465 e. The molecule has 110 valence electrons. The first kappa shape index (κ1) is 14.6. The van der Waals surface area contributed by atoms with Crippen LogP contribution in [0.1, 0.15) is 43.0 Å². The lowest BCUT2D eigenvalue weighted by Crippen LogP contribution is -2.39. The standard InChI is InChI=1S/C15H21FN2O2/c1-3-10-6-4-5-7-18(10)14-8-11(15(19)20-2)13(17)9-12(14)16/h8-10H,3-7,17H2,1-2H3. The largest absolute Gasteiger partial charge is 0.465 e. The summed E-state index contributed by atoms with van der Waals surface area (Å²) in [5, 5.41) is 0. The van der Waals surface area contributed by atoms with Crippen LogP contribution in [-0.2, 0) is 4.74 Å². The molecular weight excluding hydrogens is 259 g/mol. The summed E-state index contributed by atoms with van der Waals surface area (Å²) in [6.07, 6.45) is 4.20. The second-order valence-corrected chi connectivity index (χ2v) is 5.13. The number of carbonyl (C=O) groups is 1. The number of methoxy groups -OCH3 is 1. The fourth-order valence-corrected chi connectivity index (χ4v) is 2.83. The molecule has 1 fully saturated rings. The van der Waals surface area contributed by atoms with Crippen LogP contribution < -0.4 is 10.6 Å². The Morgan fingerprint density at radius 3 is 2.90 bits per heavy atom. The third kappa shape index (κ3) is 2.71. The maximum absolute atomic E-state index is 14.2. The van der Waals surface area contributed by atoms with E-state index in [2.05, 4.69) is 6.92 Å². The number of carbonyl (C=O) groups excluding carboxylic acids is 1. The molecule has 1 aromatic carbocycles. The lowest BCUT2D eigenvalue weighted by atomic mass is 9.98. The Kier molecular flexibility index (Phi) is 4.47. The molecule has 2 N–H and O–H groups in total. The zero-order valence-electron chi connectivity index (χ0n) is 12.0. The summed E-state index contributed by atoms with van der Waals surface area (Å²) in [5.74, 6) is -0.913. The Bertz CT molecular complexity index is 505. The van der Waals surface area contributed by atoms with Crippen LogP contribution in [0.25, 0.3) is 0 Å². The number of piperidine rings is 1. The molecule has 0 amide bonds. The molecule has 0 aliphatic carbocycles. The van der Waals surface area contributed by atoms with Crippen LogP contribution in [0, 0.1) is 5.82 Å². The Morgan fingerprint density at radius 2 is 2.25 bits per heavy atom. The topological polar surface area (TPSA) is 55.6 Å². The summed E-state index contributed by atoms with van der Waals surface area (Å²) in [7, 11) is 1.29. The third-order valence-electron chi connectivity index (χ3n) is 3.93. The number of halogens is 1. The van der Waals surface area contributed by atoms with Gasteiger partial charge in [0.2, 0.25) is 0 Å². The Hall–Kier alpha value is -1.78. The van der Waals surface area contributed by atoms with E-state index >= 15 is 0 Å². The summed E-state index contributed by atoms with van der Waals surface area (Å²) < 4.78 is 18.9. The average Bonchev–Trinajstić information content (AvgIpc) is 2.46. The van der Waals surface area contributed by atoms with E-state index in [1.54, 1.807) is 0 Å². The number of nitrogens with zero attached hydrogens (tertiary/aromatic N) is 1. The van der Waals surface area contributed by atoms with Gasteiger partial charge in [-0.3, -0.25) is 0 Å². The number of anilines is 2. The first-order valence-corrected chi connectivity index (χ1v) is 7.02. The smallest absolute Gasteiger partial charge is 0.340 e. The maximum atomic E-state index is 14.2. The quantitative estimate of drug-likeness (QED) is 0.683. The highest BCUT2D eigenvalue weighted by atomic mass is 19.1. The van der Waals surface area contributed by atoms with Crippen molar-refractivity contribution in [3.63, 3.8) is 0 Å². The second-order valence-electron chi connectivity index (χ2n) is 5.13. The van der Waals surface area contributed by atoms with Crippen molar-refractivity contribution >= 4 is 17.3 Å². The lowest BCUT2D eigenvalue weighted by Gasteiger charge is -2.37. The highest BCUT2D eigenvalue weighted by molar-refractivity contribution is 5.96. The fraction of sp³-hybridized carbons (Fsp3) is 0.533. The van der Waals surface area contributed by atoms with Crippen LogP contribution in [-0.4, -0.2) is 25.7 Å². The summed E-state index contributed by atoms with van der Waals surface area (Å²) in [6, 6.07) is 3.04. The molecule has 1 aliphatic heterocycles. The van der Waals surface area contributed by atoms with E-state index in [0.29, 0.717) is 11.7 Å². The number of nitrogen functional groups attached to an aromatic ring is 1. The van der Waals surface area contributed by atoms with E-state index in [4.69, 9.17) is 10.5 Å². The molecule has 1 unspecified atom stereocenters. The van der Waals surface area contributed by atoms with Crippen LogP contribution in [0.15, 0.2) is 12.1 Å². The zero-order valence-corrected chi connectivity index (χ0v) is 12.0. The molecule has 0 radical (unpaired) electrons. The van der Waals surface area contributed by atoms with Gasteiger partial charge >= 0.3 is 5.97 Å². The summed E-state index contributed by atoms with van der Waals surface area (Å²) >= 11 is 0. The number of ether oxygens (including phenoxy) is 1. The van der Waals surface area contributed by atoms with E-state index in [1.165, 1.54) is 19.2 Å². The number of esters is 1. The molecule has 5 heteroatoms. The van der Waals surface area contributed by atoms with Crippen LogP contribution in [0.3, 0.4) is 0 Å². The highest BCUT2D eigenvalue weighted by Crippen LogP contribution is 2.31. The van der Waals surface area contributed by atoms with Crippen molar-refractivity contribution in [1.29, 1.82) is 0 Å². The van der Waals surface area contributed by atoms with Crippen LogP contribution in [0.4, 0.5) is 15.8 Å². The monoisotopic (exact) mass is 280 g/mol. The molecule has 2 rings (SSSR count). The molecule has 0 spiro atoms. The molecule has 1 aliphatic rings. The average molecular weight is 280 g/mol. The maximum Gasteiger partial charge on any atom is 0.340 e. The first-order chi connectivity index (χ1) is 9.58. The molecule has 1 heterocycles. The molecule has 4 nitrogen and oxygen atoms in total. The van der Waals surface area contributed by atoms with E-state index in [1.807, 2.05) is 4.90 Å². The van der Waals surface area contributed by atoms with Gasteiger partial charge < -0.3 is 15.4 Å². The van der Waals surface area contributed by atoms with Gasteiger partial charge in [-0.25, -0.2) is 9.18 Å². The predicted octanol–water partition coefficient (Wildman–Crippen LogP) is 2.96. The van der Waals surface area contributed by atoms with Crippen molar-refractivity contribution in [2.75, 3.05) is 24.3 Å². The van der Waals surface area contributed by atoms with E-state index in [-0.39, 0.29) is 17.1 Å². The minimum atomic E-state index is -0.534. The Labute approximate surface area is 118 Å². The Morgan fingerprint density at radius 1 is 1.50 bits per heavy atom. The van der Waals surface area contributed by atoms with E-state index in [9.17, 15) is 9.18 Å². The van der Waals surface area contributed by atoms with Gasteiger partial charge in [0.15, 0.2) is 0 Å². The van der Waals surface area contributed by atoms with E-state index < -0.39 is 5.97 Å². The molecule has 1 atom stereocenters. The van der Waals surface area contributed by atoms with Gasteiger partial charge in [-0.15, -0.1) is 0 Å². The SMILES string of the molecule is CCC1CCCCN1c1cc(C(=O)OC)c(N)cc1F. The van der Waals surface area contributed by atoms with Crippen molar-refractivity contribution in [3.05, 3.63) is 23.5 Å². The zero-order chi connectivity index (χ0) is 14.7. The molecule has 0 bridgehead atoms. The van der Waals surface area contributed by atoms with Gasteiger partial charge in [0.25, 0.3) is 0 Å². The normalized spacial score (nSPS) is 18.9. The first-order valence-electron chi connectivity index (χ1n) is 7.02. The number of benzene rings is 1. The van der Waals surface area contributed by atoms with Gasteiger partial charge in [0.05, 0.1) is 18.4 Å². The van der Waals surface area contributed by atoms with Gasteiger partial charge in [0, 0.05) is 18.3 Å². The van der Waals surface area contributed by atoms with Crippen molar-refractivity contribution in [2.24, 2.45) is 0 Å². The molecule has 0 aromatic heterocycles.